The molecule has 4 rings (SSSR count). The van der Waals surface area contributed by atoms with Gasteiger partial charge < -0.3 is 9.80 Å². The first-order valence-electron chi connectivity index (χ1n) is 8.55. The van der Waals surface area contributed by atoms with Crippen LogP contribution in [0.2, 0.25) is 0 Å². The van der Waals surface area contributed by atoms with Gasteiger partial charge in [-0.05, 0) is 47.7 Å². The average Bonchev–Trinajstić information content (AvgIpc) is 2.63. The zero-order chi connectivity index (χ0) is 17.4. The lowest BCUT2D eigenvalue weighted by molar-refractivity contribution is -0.132. The van der Waals surface area contributed by atoms with E-state index in [0.717, 1.165) is 28.6 Å². The third kappa shape index (κ3) is 3.21. The van der Waals surface area contributed by atoms with E-state index in [9.17, 15) is 9.59 Å². The monoisotopic (exact) mass is 398 g/mol. The van der Waals surface area contributed by atoms with Crippen molar-refractivity contribution in [1.29, 1.82) is 0 Å². The van der Waals surface area contributed by atoms with Crippen molar-refractivity contribution in [2.75, 3.05) is 18.0 Å². The topological polar surface area (TPSA) is 40.6 Å². The Bertz CT molecular complexity index is 849. The molecule has 0 aromatic heterocycles. The maximum absolute atomic E-state index is 12.8. The van der Waals surface area contributed by atoms with Crippen LogP contribution in [-0.4, -0.2) is 29.8 Å². The van der Waals surface area contributed by atoms with Crippen molar-refractivity contribution < 1.29 is 9.59 Å². The van der Waals surface area contributed by atoms with Crippen LogP contribution in [0.25, 0.3) is 0 Å². The molecular formula is C20H19BrN2O2. The van der Waals surface area contributed by atoms with Gasteiger partial charge in [0.2, 0.25) is 11.8 Å². The molecule has 0 bridgehead atoms. The van der Waals surface area contributed by atoms with E-state index in [1.165, 1.54) is 11.1 Å². The molecule has 128 valence electrons. The second kappa shape index (κ2) is 6.64. The van der Waals surface area contributed by atoms with Gasteiger partial charge >= 0.3 is 0 Å². The van der Waals surface area contributed by atoms with E-state index in [-0.39, 0.29) is 18.4 Å². The van der Waals surface area contributed by atoms with Gasteiger partial charge in [-0.1, -0.05) is 40.2 Å². The summed E-state index contributed by atoms with van der Waals surface area (Å²) in [7, 11) is 0. The Morgan fingerprint density at radius 1 is 1.00 bits per heavy atom. The van der Waals surface area contributed by atoms with E-state index >= 15 is 0 Å². The summed E-state index contributed by atoms with van der Waals surface area (Å²) in [5, 5.41) is 0. The normalized spacial score (nSPS) is 16.4. The van der Waals surface area contributed by atoms with Crippen LogP contribution in [0.1, 0.15) is 23.1 Å². The third-order valence-corrected chi connectivity index (χ3v) is 5.51. The molecule has 0 saturated heterocycles. The van der Waals surface area contributed by atoms with E-state index in [1.807, 2.05) is 35.2 Å². The number of anilines is 1. The maximum Gasteiger partial charge on any atom is 0.242 e. The van der Waals surface area contributed by atoms with E-state index in [1.54, 1.807) is 4.90 Å². The first kappa shape index (κ1) is 16.3. The summed E-state index contributed by atoms with van der Waals surface area (Å²) in [5.41, 5.74) is 4.50. The number of amides is 2. The van der Waals surface area contributed by atoms with Crippen LogP contribution in [0.5, 0.6) is 0 Å². The Morgan fingerprint density at radius 2 is 1.80 bits per heavy atom. The Labute approximate surface area is 155 Å². The van der Waals surface area contributed by atoms with E-state index in [4.69, 9.17) is 0 Å². The molecule has 25 heavy (non-hydrogen) atoms. The Hall–Kier alpha value is -2.14. The fraction of sp³-hybridized carbons (Fsp3) is 0.300. The first-order valence-corrected chi connectivity index (χ1v) is 9.34. The number of aryl methyl sites for hydroxylation is 1. The number of hydrogen-bond donors (Lipinski definition) is 0. The predicted molar refractivity (Wildman–Crippen MR) is 100 cm³/mol. The molecule has 2 heterocycles. The number of benzene rings is 2. The summed E-state index contributed by atoms with van der Waals surface area (Å²) in [6.45, 7) is 1.46. The first-order chi connectivity index (χ1) is 12.1. The van der Waals surface area contributed by atoms with Crippen molar-refractivity contribution in [3.8, 4) is 0 Å². The highest BCUT2D eigenvalue weighted by Crippen LogP contribution is 2.30. The number of carbonyl (C=O) groups is 2. The van der Waals surface area contributed by atoms with Crippen molar-refractivity contribution in [3.05, 3.63) is 63.6 Å². The second-order valence-electron chi connectivity index (χ2n) is 6.59. The van der Waals surface area contributed by atoms with Gasteiger partial charge in [-0.2, -0.15) is 0 Å². The van der Waals surface area contributed by atoms with Crippen LogP contribution in [0, 0.1) is 0 Å². The summed E-state index contributed by atoms with van der Waals surface area (Å²) < 4.78 is 1.000. The van der Waals surface area contributed by atoms with Crippen molar-refractivity contribution in [2.24, 2.45) is 0 Å². The highest BCUT2D eigenvalue weighted by atomic mass is 79.9. The highest BCUT2D eigenvalue weighted by molar-refractivity contribution is 9.10. The van der Waals surface area contributed by atoms with Gasteiger partial charge in [-0.3, -0.25) is 9.59 Å². The predicted octanol–water partition coefficient (Wildman–Crippen LogP) is 3.31. The van der Waals surface area contributed by atoms with Crippen LogP contribution in [0.15, 0.2) is 46.9 Å². The van der Waals surface area contributed by atoms with Crippen molar-refractivity contribution in [2.45, 2.75) is 25.8 Å². The molecule has 5 heteroatoms. The van der Waals surface area contributed by atoms with Crippen LogP contribution in [-0.2, 0) is 29.0 Å². The number of fused-ring (bicyclic) bond motifs is 2. The minimum atomic E-state index is 0.0126. The average molecular weight is 399 g/mol. The number of hydrogen-bond acceptors (Lipinski definition) is 2. The van der Waals surface area contributed by atoms with Crippen molar-refractivity contribution in [1.82, 2.24) is 4.90 Å². The quantitative estimate of drug-likeness (QED) is 0.778. The minimum Gasteiger partial charge on any atom is -0.336 e. The Morgan fingerprint density at radius 3 is 2.64 bits per heavy atom. The molecule has 2 aliphatic heterocycles. The lowest BCUT2D eigenvalue weighted by Crippen LogP contribution is -2.46. The molecule has 0 atom stereocenters. The summed E-state index contributed by atoms with van der Waals surface area (Å²) in [4.78, 5) is 28.7. The van der Waals surface area contributed by atoms with Gasteiger partial charge in [0, 0.05) is 29.7 Å². The van der Waals surface area contributed by atoms with E-state index in [2.05, 4.69) is 28.1 Å². The lowest BCUT2D eigenvalue weighted by Gasteiger charge is -2.33. The molecule has 2 aromatic carbocycles. The molecule has 0 aliphatic carbocycles. The van der Waals surface area contributed by atoms with Crippen LogP contribution in [0.3, 0.4) is 0 Å². The van der Waals surface area contributed by atoms with Gasteiger partial charge in [0.1, 0.15) is 6.54 Å². The van der Waals surface area contributed by atoms with Gasteiger partial charge in [0.25, 0.3) is 0 Å². The van der Waals surface area contributed by atoms with Gasteiger partial charge in [0.15, 0.2) is 0 Å². The van der Waals surface area contributed by atoms with Crippen LogP contribution in [0.4, 0.5) is 5.69 Å². The SMILES string of the molecule is O=C(CN1C(=O)CCc2cc(Br)ccc21)N1CCc2ccccc2C1. The summed E-state index contributed by atoms with van der Waals surface area (Å²) in [6, 6.07) is 14.1. The lowest BCUT2D eigenvalue weighted by atomic mass is 9.99. The zero-order valence-corrected chi connectivity index (χ0v) is 15.5. The standard InChI is InChI=1S/C20H19BrN2O2/c21-17-6-7-18-15(11-17)5-8-19(24)23(18)13-20(25)22-10-9-14-3-1-2-4-16(14)12-22/h1-4,6-7,11H,5,8-10,12-13H2. The van der Waals surface area contributed by atoms with Gasteiger partial charge in [0.05, 0.1) is 0 Å². The maximum atomic E-state index is 12.8. The smallest absolute Gasteiger partial charge is 0.242 e. The third-order valence-electron chi connectivity index (χ3n) is 5.02. The fourth-order valence-electron chi connectivity index (χ4n) is 3.65. The van der Waals surface area contributed by atoms with Crippen molar-refractivity contribution >= 4 is 33.4 Å². The molecular weight excluding hydrogens is 380 g/mol. The second-order valence-corrected chi connectivity index (χ2v) is 7.50. The van der Waals surface area contributed by atoms with E-state index in [0.29, 0.717) is 19.5 Å². The van der Waals surface area contributed by atoms with Crippen LogP contribution >= 0.6 is 15.9 Å². The molecule has 0 radical (unpaired) electrons. The Balaban J connectivity index is 1.53. The molecule has 2 amide bonds. The molecule has 0 saturated carbocycles. The summed E-state index contributed by atoms with van der Waals surface area (Å²) in [5.74, 6) is 0.0409. The van der Waals surface area contributed by atoms with Gasteiger partial charge in [-0.15, -0.1) is 0 Å². The molecule has 0 N–H and O–H groups in total. The molecule has 2 aliphatic rings. The Kier molecular flexibility index (Phi) is 4.34. The molecule has 4 nitrogen and oxygen atoms in total. The molecule has 0 spiro atoms. The number of halogens is 1. The fourth-order valence-corrected chi connectivity index (χ4v) is 4.05. The number of rotatable bonds is 2. The largest absolute Gasteiger partial charge is 0.336 e. The van der Waals surface area contributed by atoms with Gasteiger partial charge in [-0.25, -0.2) is 0 Å². The highest BCUT2D eigenvalue weighted by Gasteiger charge is 2.29. The number of carbonyl (C=O) groups excluding carboxylic acids is 2. The molecule has 0 unspecified atom stereocenters. The number of nitrogens with zero attached hydrogens (tertiary/aromatic N) is 2. The molecule has 2 aromatic rings. The van der Waals surface area contributed by atoms with Crippen molar-refractivity contribution in [3.63, 3.8) is 0 Å². The van der Waals surface area contributed by atoms with Crippen LogP contribution < -0.4 is 4.90 Å². The minimum absolute atomic E-state index is 0.0126. The van der Waals surface area contributed by atoms with E-state index < -0.39 is 0 Å². The zero-order valence-electron chi connectivity index (χ0n) is 13.9. The summed E-state index contributed by atoms with van der Waals surface area (Å²) >= 11 is 3.48. The summed E-state index contributed by atoms with van der Waals surface area (Å²) in [6.07, 6.45) is 2.06. The molecule has 0 fully saturated rings.